The zero-order chi connectivity index (χ0) is 17.3. The number of benzene rings is 2. The van der Waals surface area contributed by atoms with Gasteiger partial charge in [0.1, 0.15) is 5.75 Å². The molecule has 3 rings (SSSR count). The van der Waals surface area contributed by atoms with E-state index >= 15 is 0 Å². The normalized spacial score (nSPS) is 11.7. The maximum Gasteiger partial charge on any atom is 0.280 e. The molecule has 0 atom stereocenters. The van der Waals surface area contributed by atoms with E-state index < -0.39 is 0 Å². The molecule has 5 nitrogen and oxygen atoms in total. The Bertz CT molecular complexity index is 1050. The molecule has 0 saturated heterocycles. The third kappa shape index (κ3) is 3.18. The van der Waals surface area contributed by atoms with Gasteiger partial charge in [-0.05, 0) is 42.5 Å². The van der Waals surface area contributed by atoms with E-state index in [2.05, 4.69) is 17.0 Å². The van der Waals surface area contributed by atoms with Gasteiger partial charge in [0, 0.05) is 16.2 Å². The molecule has 0 aliphatic heterocycles. The number of halogens is 2. The van der Waals surface area contributed by atoms with Crippen LogP contribution in [0, 0.1) is 0 Å². The monoisotopic (exact) mass is 361 g/mol. The summed E-state index contributed by atoms with van der Waals surface area (Å²) in [5.41, 5.74) is 0.747. The van der Waals surface area contributed by atoms with Crippen molar-refractivity contribution in [3.8, 4) is 11.4 Å². The topological polar surface area (TPSA) is 70.0 Å². The molecule has 7 heteroatoms. The first kappa shape index (κ1) is 16.2. The lowest BCUT2D eigenvalue weighted by atomic mass is 10.3. The van der Waals surface area contributed by atoms with Gasteiger partial charge in [-0.25, -0.2) is 4.68 Å². The predicted octanol–water partition coefficient (Wildman–Crippen LogP) is 2.44. The van der Waals surface area contributed by atoms with Crippen molar-refractivity contribution in [2.24, 2.45) is 0 Å². The maximum absolute atomic E-state index is 12.5. The second-order valence-electron chi connectivity index (χ2n) is 5.07. The average molecular weight is 362 g/mol. The molecule has 0 saturated carbocycles. The van der Waals surface area contributed by atoms with E-state index in [0.717, 1.165) is 0 Å². The van der Waals surface area contributed by atoms with E-state index in [1.807, 2.05) is 0 Å². The summed E-state index contributed by atoms with van der Waals surface area (Å²) in [6.07, 6.45) is 1.47. The van der Waals surface area contributed by atoms with Crippen molar-refractivity contribution in [2.75, 3.05) is 5.32 Å². The fourth-order valence-corrected chi connectivity index (χ4v) is 2.49. The highest BCUT2D eigenvalue weighted by atomic mass is 35.5. The molecule has 2 aromatic carbocycles. The molecular formula is C17H13Cl2N3O2. The predicted molar refractivity (Wildman–Crippen MR) is 97.4 cm³/mol. The largest absolute Gasteiger partial charge is 0.506 e. The minimum atomic E-state index is -0.281. The molecule has 3 aromatic rings. The molecular weight excluding hydrogens is 349 g/mol. The van der Waals surface area contributed by atoms with Crippen LogP contribution in [0.15, 0.2) is 47.3 Å². The van der Waals surface area contributed by atoms with Crippen LogP contribution in [0.25, 0.3) is 18.5 Å². The molecule has 0 bridgehead atoms. The van der Waals surface area contributed by atoms with Crippen LogP contribution in [-0.2, 0) is 0 Å². The average Bonchev–Trinajstić information content (AvgIpc) is 2.84. The SMILES string of the molecule is C=c1[nH]n(-c2ccc(Cl)cc2)c(=O)c1=CNc1cc(Cl)ccc1O. The van der Waals surface area contributed by atoms with Gasteiger partial charge in [0.25, 0.3) is 5.56 Å². The molecule has 0 radical (unpaired) electrons. The zero-order valence-electron chi connectivity index (χ0n) is 12.4. The molecule has 0 aliphatic carbocycles. The second kappa shape index (κ2) is 6.47. The van der Waals surface area contributed by atoms with Crippen LogP contribution in [0.3, 0.4) is 0 Å². The summed E-state index contributed by atoms with van der Waals surface area (Å²) in [7, 11) is 0. The summed E-state index contributed by atoms with van der Waals surface area (Å²) in [5, 5.41) is 17.4. The van der Waals surface area contributed by atoms with Crippen LogP contribution in [0.1, 0.15) is 0 Å². The van der Waals surface area contributed by atoms with Crippen LogP contribution in [0.4, 0.5) is 5.69 Å². The Morgan fingerprint density at radius 3 is 2.50 bits per heavy atom. The van der Waals surface area contributed by atoms with Crippen molar-refractivity contribution >= 4 is 41.7 Å². The van der Waals surface area contributed by atoms with Gasteiger partial charge in [0.2, 0.25) is 0 Å². The Kier molecular flexibility index (Phi) is 4.38. The first-order valence-corrected chi connectivity index (χ1v) is 7.72. The first-order valence-electron chi connectivity index (χ1n) is 6.97. The fraction of sp³-hybridized carbons (Fsp3) is 0. The highest BCUT2D eigenvalue weighted by molar-refractivity contribution is 6.31. The van der Waals surface area contributed by atoms with Gasteiger partial charge in [0.05, 0.1) is 21.9 Å². The Labute approximate surface area is 147 Å². The maximum atomic E-state index is 12.5. The minimum absolute atomic E-state index is 0.0230. The number of H-pyrrole nitrogens is 1. The van der Waals surface area contributed by atoms with Gasteiger partial charge in [-0.15, -0.1) is 0 Å². The Morgan fingerprint density at radius 2 is 1.79 bits per heavy atom. The van der Waals surface area contributed by atoms with Crippen molar-refractivity contribution in [3.05, 3.63) is 73.4 Å². The minimum Gasteiger partial charge on any atom is -0.506 e. The molecule has 3 N–H and O–H groups in total. The molecule has 0 aliphatic rings. The quantitative estimate of drug-likeness (QED) is 0.627. The number of rotatable bonds is 3. The standard InChI is InChI=1S/C17H13Cl2N3O2/c1-10-14(9-20-15-8-12(19)4-7-16(15)23)17(24)22(21-10)13-5-2-11(18)3-6-13/h2-9,20-21,23H,1H2. The number of aromatic amines is 1. The lowest BCUT2D eigenvalue weighted by Crippen LogP contribution is -2.34. The number of anilines is 1. The van der Waals surface area contributed by atoms with Gasteiger partial charge in [0.15, 0.2) is 0 Å². The van der Waals surface area contributed by atoms with Gasteiger partial charge >= 0.3 is 0 Å². The number of phenolic OH excluding ortho intramolecular Hbond substituents is 1. The number of aromatic nitrogens is 2. The van der Waals surface area contributed by atoms with Crippen LogP contribution >= 0.6 is 23.2 Å². The Hall–Kier alpha value is -2.63. The lowest BCUT2D eigenvalue weighted by Gasteiger charge is -2.03. The van der Waals surface area contributed by atoms with Crippen molar-refractivity contribution in [2.45, 2.75) is 0 Å². The number of nitrogens with one attached hydrogen (secondary N) is 2. The Balaban J connectivity index is 2.03. The van der Waals surface area contributed by atoms with Crippen molar-refractivity contribution in [1.82, 2.24) is 9.78 Å². The summed E-state index contributed by atoms with van der Waals surface area (Å²) in [4.78, 5) is 12.5. The molecule has 1 heterocycles. The van der Waals surface area contributed by atoms with E-state index in [0.29, 0.717) is 32.0 Å². The highest BCUT2D eigenvalue weighted by Crippen LogP contribution is 2.26. The summed E-state index contributed by atoms with van der Waals surface area (Å²) in [5.74, 6) is 0.0230. The molecule has 24 heavy (non-hydrogen) atoms. The van der Waals surface area contributed by atoms with Crippen molar-refractivity contribution in [3.63, 3.8) is 0 Å². The van der Waals surface area contributed by atoms with Gasteiger partial charge < -0.3 is 10.4 Å². The first-order chi connectivity index (χ1) is 11.5. The number of hydrogen-bond donors (Lipinski definition) is 3. The molecule has 0 spiro atoms. The smallest absolute Gasteiger partial charge is 0.280 e. The number of hydrogen-bond acceptors (Lipinski definition) is 3. The van der Waals surface area contributed by atoms with Gasteiger partial charge in [-0.2, -0.15) is 0 Å². The van der Waals surface area contributed by atoms with Crippen LogP contribution in [-0.4, -0.2) is 14.9 Å². The van der Waals surface area contributed by atoms with E-state index in [1.165, 1.54) is 16.9 Å². The van der Waals surface area contributed by atoms with E-state index in [1.54, 1.807) is 36.4 Å². The van der Waals surface area contributed by atoms with E-state index in [9.17, 15) is 9.90 Å². The number of nitrogens with zero attached hydrogens (tertiary/aromatic N) is 1. The van der Waals surface area contributed by atoms with E-state index in [-0.39, 0.29) is 11.3 Å². The molecule has 0 fully saturated rings. The molecule has 0 amide bonds. The summed E-state index contributed by atoms with van der Waals surface area (Å²) in [6.45, 7) is 3.84. The summed E-state index contributed by atoms with van der Waals surface area (Å²) in [6, 6.07) is 11.4. The van der Waals surface area contributed by atoms with Crippen molar-refractivity contribution < 1.29 is 5.11 Å². The van der Waals surface area contributed by atoms with Crippen LogP contribution in [0.5, 0.6) is 5.75 Å². The van der Waals surface area contributed by atoms with Gasteiger partial charge in [-0.1, -0.05) is 29.8 Å². The third-order valence-electron chi connectivity index (χ3n) is 3.42. The van der Waals surface area contributed by atoms with Crippen LogP contribution in [0.2, 0.25) is 10.0 Å². The molecule has 0 unspecified atom stereocenters. The highest BCUT2D eigenvalue weighted by Gasteiger charge is 2.05. The zero-order valence-corrected chi connectivity index (χ0v) is 13.9. The molecule has 122 valence electrons. The summed E-state index contributed by atoms with van der Waals surface area (Å²) < 4.78 is 1.37. The lowest BCUT2D eigenvalue weighted by molar-refractivity contribution is 0.478. The van der Waals surface area contributed by atoms with Crippen LogP contribution < -0.4 is 21.4 Å². The van der Waals surface area contributed by atoms with Gasteiger partial charge in [-0.3, -0.25) is 9.89 Å². The molecule has 1 aromatic heterocycles. The Morgan fingerprint density at radius 1 is 1.12 bits per heavy atom. The van der Waals surface area contributed by atoms with E-state index in [4.69, 9.17) is 23.2 Å². The number of phenols is 1. The summed E-state index contributed by atoms with van der Waals surface area (Å²) >= 11 is 11.8. The third-order valence-corrected chi connectivity index (χ3v) is 3.91. The number of aromatic hydroxyl groups is 1. The van der Waals surface area contributed by atoms with Crippen molar-refractivity contribution in [1.29, 1.82) is 0 Å². The second-order valence-corrected chi connectivity index (χ2v) is 5.94. The fourth-order valence-electron chi connectivity index (χ4n) is 2.19.